The van der Waals surface area contributed by atoms with E-state index < -0.39 is 0 Å². The Kier molecular flexibility index (Phi) is 3.72. The number of hydrogen-bond donors (Lipinski definition) is 2. The number of carbonyl (C=O) groups is 1. The number of aromatic amines is 1. The van der Waals surface area contributed by atoms with Gasteiger partial charge >= 0.3 is 0 Å². The summed E-state index contributed by atoms with van der Waals surface area (Å²) in [5.41, 5.74) is 1.26. The van der Waals surface area contributed by atoms with E-state index in [-0.39, 0.29) is 17.8 Å². The first-order valence-electron chi connectivity index (χ1n) is 7.31. The topological polar surface area (TPSA) is 44.9 Å². The molecule has 1 aromatic heterocycles. The van der Waals surface area contributed by atoms with Crippen LogP contribution in [-0.4, -0.2) is 16.9 Å². The molecule has 3 rings (SSSR count). The van der Waals surface area contributed by atoms with Crippen LogP contribution in [0.2, 0.25) is 0 Å². The van der Waals surface area contributed by atoms with Crippen molar-refractivity contribution in [3.63, 3.8) is 0 Å². The number of halogens is 1. The molecule has 2 N–H and O–H groups in total. The van der Waals surface area contributed by atoms with Crippen molar-refractivity contribution in [3.8, 4) is 0 Å². The van der Waals surface area contributed by atoms with Crippen LogP contribution in [0.5, 0.6) is 0 Å². The SMILES string of the molecule is O=C(NC1CCCCCC1)c1c[nH]c2cc(F)ccc12. The quantitative estimate of drug-likeness (QED) is 0.805. The number of H-pyrrole nitrogens is 1. The molecule has 1 aliphatic rings. The van der Waals surface area contributed by atoms with E-state index in [9.17, 15) is 9.18 Å². The van der Waals surface area contributed by atoms with Crippen molar-refractivity contribution < 1.29 is 9.18 Å². The van der Waals surface area contributed by atoms with E-state index >= 15 is 0 Å². The smallest absolute Gasteiger partial charge is 0.253 e. The van der Waals surface area contributed by atoms with Gasteiger partial charge in [0.15, 0.2) is 0 Å². The van der Waals surface area contributed by atoms with Crippen LogP contribution in [0.4, 0.5) is 4.39 Å². The summed E-state index contributed by atoms with van der Waals surface area (Å²) in [6.45, 7) is 0. The monoisotopic (exact) mass is 274 g/mol. The molecule has 0 unspecified atom stereocenters. The molecule has 106 valence electrons. The number of fused-ring (bicyclic) bond motifs is 1. The van der Waals surface area contributed by atoms with Gasteiger partial charge in [-0.3, -0.25) is 4.79 Å². The van der Waals surface area contributed by atoms with Crippen LogP contribution in [-0.2, 0) is 0 Å². The number of hydrogen-bond acceptors (Lipinski definition) is 1. The van der Waals surface area contributed by atoms with Crippen LogP contribution < -0.4 is 5.32 Å². The van der Waals surface area contributed by atoms with E-state index in [1.54, 1.807) is 12.3 Å². The molecule has 0 saturated heterocycles. The number of nitrogens with one attached hydrogen (secondary N) is 2. The Balaban J connectivity index is 1.78. The lowest BCUT2D eigenvalue weighted by Crippen LogP contribution is -2.34. The minimum atomic E-state index is -0.296. The summed E-state index contributed by atoms with van der Waals surface area (Å²) >= 11 is 0. The van der Waals surface area contributed by atoms with Crippen molar-refractivity contribution in [2.24, 2.45) is 0 Å². The summed E-state index contributed by atoms with van der Waals surface area (Å²) in [6.07, 6.45) is 8.67. The lowest BCUT2D eigenvalue weighted by atomic mass is 10.1. The van der Waals surface area contributed by atoms with Crippen LogP contribution >= 0.6 is 0 Å². The van der Waals surface area contributed by atoms with Gasteiger partial charge in [0, 0.05) is 23.1 Å². The highest BCUT2D eigenvalue weighted by molar-refractivity contribution is 6.06. The van der Waals surface area contributed by atoms with E-state index in [0.717, 1.165) is 18.2 Å². The van der Waals surface area contributed by atoms with Gasteiger partial charge in [0.1, 0.15) is 5.82 Å². The fraction of sp³-hybridized carbons (Fsp3) is 0.438. The van der Waals surface area contributed by atoms with E-state index in [1.165, 1.54) is 37.8 Å². The molecule has 1 aliphatic carbocycles. The Morgan fingerprint density at radius 3 is 2.70 bits per heavy atom. The number of rotatable bonds is 2. The van der Waals surface area contributed by atoms with Crippen molar-refractivity contribution in [2.75, 3.05) is 0 Å². The zero-order valence-corrected chi connectivity index (χ0v) is 11.4. The minimum absolute atomic E-state index is 0.0604. The summed E-state index contributed by atoms with van der Waals surface area (Å²) in [4.78, 5) is 15.3. The standard InChI is InChI=1S/C16H19FN2O/c17-11-7-8-13-14(10-18-15(13)9-11)16(20)19-12-5-3-1-2-4-6-12/h7-10,12,18H,1-6H2,(H,19,20). The number of carbonyl (C=O) groups excluding carboxylic acids is 1. The number of amides is 1. The van der Waals surface area contributed by atoms with Gasteiger partial charge in [0.25, 0.3) is 5.91 Å². The third-order valence-corrected chi connectivity index (χ3v) is 4.08. The Hall–Kier alpha value is -1.84. The molecule has 0 radical (unpaired) electrons. The van der Waals surface area contributed by atoms with Crippen LogP contribution in [0.1, 0.15) is 48.9 Å². The first-order valence-corrected chi connectivity index (χ1v) is 7.31. The summed E-state index contributed by atoms with van der Waals surface area (Å²) in [5.74, 6) is -0.357. The van der Waals surface area contributed by atoms with Gasteiger partial charge in [-0.05, 0) is 31.0 Å². The molecule has 20 heavy (non-hydrogen) atoms. The van der Waals surface area contributed by atoms with Crippen LogP contribution in [0.15, 0.2) is 24.4 Å². The first-order chi connectivity index (χ1) is 9.74. The highest BCUT2D eigenvalue weighted by atomic mass is 19.1. The second kappa shape index (κ2) is 5.65. The van der Waals surface area contributed by atoms with Crippen LogP contribution in [0.3, 0.4) is 0 Å². The molecular formula is C16H19FN2O. The molecule has 1 heterocycles. The third kappa shape index (κ3) is 2.69. The molecular weight excluding hydrogens is 255 g/mol. The van der Waals surface area contributed by atoms with Gasteiger partial charge in [-0.2, -0.15) is 0 Å². The van der Waals surface area contributed by atoms with E-state index in [1.807, 2.05) is 0 Å². The maximum absolute atomic E-state index is 13.1. The predicted octanol–water partition coefficient (Wildman–Crippen LogP) is 3.76. The summed E-state index contributed by atoms with van der Waals surface area (Å²) < 4.78 is 13.1. The minimum Gasteiger partial charge on any atom is -0.360 e. The highest BCUT2D eigenvalue weighted by Gasteiger charge is 2.18. The largest absolute Gasteiger partial charge is 0.360 e. The van der Waals surface area contributed by atoms with Gasteiger partial charge in [0.05, 0.1) is 5.56 Å². The van der Waals surface area contributed by atoms with Crippen LogP contribution in [0, 0.1) is 5.82 Å². The fourth-order valence-electron chi connectivity index (χ4n) is 2.97. The van der Waals surface area contributed by atoms with Crippen molar-refractivity contribution in [2.45, 2.75) is 44.6 Å². The van der Waals surface area contributed by atoms with Gasteiger partial charge in [-0.25, -0.2) is 4.39 Å². The van der Waals surface area contributed by atoms with Gasteiger partial charge in [-0.15, -0.1) is 0 Å². The van der Waals surface area contributed by atoms with Crippen molar-refractivity contribution in [3.05, 3.63) is 35.8 Å². The van der Waals surface area contributed by atoms with E-state index in [2.05, 4.69) is 10.3 Å². The van der Waals surface area contributed by atoms with E-state index in [4.69, 9.17) is 0 Å². The second-order valence-electron chi connectivity index (χ2n) is 5.55. The first kappa shape index (κ1) is 13.2. The second-order valence-corrected chi connectivity index (χ2v) is 5.55. The maximum atomic E-state index is 13.1. The Labute approximate surface area is 117 Å². The molecule has 0 aliphatic heterocycles. The molecule has 4 heteroatoms. The summed E-state index contributed by atoms with van der Waals surface area (Å²) in [5, 5.41) is 3.89. The average Bonchev–Trinajstić information content (AvgIpc) is 2.67. The normalized spacial score (nSPS) is 17.1. The Morgan fingerprint density at radius 1 is 1.20 bits per heavy atom. The van der Waals surface area contributed by atoms with Gasteiger partial charge in [0.2, 0.25) is 0 Å². The zero-order valence-electron chi connectivity index (χ0n) is 11.4. The van der Waals surface area contributed by atoms with Crippen molar-refractivity contribution >= 4 is 16.8 Å². The summed E-state index contributed by atoms with van der Waals surface area (Å²) in [7, 11) is 0. The highest BCUT2D eigenvalue weighted by Crippen LogP contribution is 2.21. The van der Waals surface area contributed by atoms with Crippen molar-refractivity contribution in [1.82, 2.24) is 10.3 Å². The molecule has 0 atom stereocenters. The zero-order chi connectivity index (χ0) is 13.9. The maximum Gasteiger partial charge on any atom is 0.253 e. The van der Waals surface area contributed by atoms with Gasteiger partial charge in [-0.1, -0.05) is 25.7 Å². The Bertz CT molecular complexity index is 612. The number of benzene rings is 1. The molecule has 0 bridgehead atoms. The lowest BCUT2D eigenvalue weighted by Gasteiger charge is -2.15. The average molecular weight is 274 g/mol. The molecule has 1 fully saturated rings. The fourth-order valence-corrected chi connectivity index (χ4v) is 2.97. The van der Waals surface area contributed by atoms with Crippen molar-refractivity contribution in [1.29, 1.82) is 0 Å². The molecule has 3 nitrogen and oxygen atoms in total. The molecule has 1 amide bonds. The Morgan fingerprint density at radius 2 is 1.95 bits per heavy atom. The third-order valence-electron chi connectivity index (χ3n) is 4.08. The lowest BCUT2D eigenvalue weighted by molar-refractivity contribution is 0.0935. The summed E-state index contributed by atoms with van der Waals surface area (Å²) in [6, 6.07) is 4.73. The van der Waals surface area contributed by atoms with E-state index in [0.29, 0.717) is 11.1 Å². The predicted molar refractivity (Wildman–Crippen MR) is 77.2 cm³/mol. The molecule has 0 spiro atoms. The molecule has 2 aromatic rings. The van der Waals surface area contributed by atoms with Gasteiger partial charge < -0.3 is 10.3 Å². The van der Waals surface area contributed by atoms with Crippen LogP contribution in [0.25, 0.3) is 10.9 Å². The molecule has 1 aromatic carbocycles. The number of aromatic nitrogens is 1. The molecule has 1 saturated carbocycles.